The van der Waals surface area contributed by atoms with Gasteiger partial charge in [0.25, 0.3) is 0 Å². The normalized spacial score (nSPS) is 15.7. The molecule has 0 spiro atoms. The quantitative estimate of drug-likeness (QED) is 0.885. The maximum atomic E-state index is 14.8. The Morgan fingerprint density at radius 1 is 1.15 bits per heavy atom. The molecule has 1 aliphatic heterocycles. The Labute approximate surface area is 150 Å². The summed E-state index contributed by atoms with van der Waals surface area (Å²) in [7, 11) is -3.57. The molecule has 2 aromatic rings. The van der Waals surface area contributed by atoms with Crippen LogP contribution in [0.25, 0.3) is 0 Å². The van der Waals surface area contributed by atoms with Gasteiger partial charge in [0.15, 0.2) is 5.72 Å². The highest BCUT2D eigenvalue weighted by molar-refractivity contribution is 7.92. The molecule has 0 unspecified atom stereocenters. The monoisotopic (exact) mass is 380 g/mol. The zero-order chi connectivity index (χ0) is 19.3. The fourth-order valence-corrected chi connectivity index (χ4v) is 3.42. The van der Waals surface area contributed by atoms with E-state index in [1.807, 2.05) is 0 Å². The van der Waals surface area contributed by atoms with Crippen molar-refractivity contribution < 1.29 is 21.9 Å². The number of aliphatic imine (C=N–C) groups is 1. The third-order valence-corrected chi connectivity index (χ3v) is 4.38. The van der Waals surface area contributed by atoms with Crippen LogP contribution in [0, 0.1) is 18.6 Å². The maximum Gasteiger partial charge on any atom is 0.229 e. The topological polar surface area (TPSA) is 67.8 Å². The lowest BCUT2D eigenvalue weighted by molar-refractivity contribution is 0.115. The van der Waals surface area contributed by atoms with E-state index in [4.69, 9.17) is 4.74 Å². The van der Waals surface area contributed by atoms with E-state index in [1.54, 1.807) is 20.8 Å². The molecule has 0 saturated heterocycles. The van der Waals surface area contributed by atoms with Gasteiger partial charge in [0.2, 0.25) is 10.0 Å². The second-order valence-corrected chi connectivity index (χ2v) is 8.42. The van der Waals surface area contributed by atoms with Crippen molar-refractivity contribution >= 4 is 21.4 Å². The molecule has 0 atom stereocenters. The maximum absolute atomic E-state index is 14.8. The summed E-state index contributed by atoms with van der Waals surface area (Å²) in [5.74, 6) is -0.923. The molecule has 1 N–H and O–H groups in total. The summed E-state index contributed by atoms with van der Waals surface area (Å²) in [6, 6.07) is 6.64. The Bertz CT molecular complexity index is 1030. The van der Waals surface area contributed by atoms with E-state index < -0.39 is 27.4 Å². The first-order valence-corrected chi connectivity index (χ1v) is 9.71. The van der Waals surface area contributed by atoms with Gasteiger partial charge in [-0.25, -0.2) is 22.2 Å². The van der Waals surface area contributed by atoms with Crippen LogP contribution in [0.1, 0.15) is 30.5 Å². The van der Waals surface area contributed by atoms with Crippen molar-refractivity contribution in [3.63, 3.8) is 0 Å². The summed E-state index contributed by atoms with van der Waals surface area (Å²) in [5, 5.41) is 0. The first kappa shape index (κ1) is 18.3. The van der Waals surface area contributed by atoms with E-state index in [0.717, 1.165) is 12.3 Å². The number of hydrogen-bond donors (Lipinski definition) is 1. The number of nitrogens with zero attached hydrogens (tertiary/aromatic N) is 1. The van der Waals surface area contributed by atoms with Crippen LogP contribution < -0.4 is 9.46 Å². The number of anilines is 1. The molecule has 0 amide bonds. The van der Waals surface area contributed by atoms with Gasteiger partial charge >= 0.3 is 0 Å². The molecule has 0 saturated carbocycles. The number of aryl methyl sites for hydroxylation is 1. The van der Waals surface area contributed by atoms with Crippen LogP contribution in [0.4, 0.5) is 14.5 Å². The smallest absolute Gasteiger partial charge is 0.229 e. The third kappa shape index (κ3) is 3.70. The second-order valence-electron chi connectivity index (χ2n) is 6.67. The fourth-order valence-electron chi connectivity index (χ4n) is 2.87. The molecular formula is C18H18F2N2O3S. The van der Waals surface area contributed by atoms with Crippen molar-refractivity contribution in [3.05, 3.63) is 58.7 Å². The highest BCUT2D eigenvalue weighted by Crippen LogP contribution is 2.37. The molecule has 1 aliphatic rings. The number of fused-ring (bicyclic) bond motifs is 1. The van der Waals surface area contributed by atoms with E-state index >= 15 is 0 Å². The summed E-state index contributed by atoms with van der Waals surface area (Å²) in [5.41, 5.74) is 0.669. The lowest BCUT2D eigenvalue weighted by Crippen LogP contribution is -2.33. The average Bonchev–Trinajstić information content (AvgIpc) is 2.42. The van der Waals surface area contributed by atoms with Gasteiger partial charge in [-0.15, -0.1) is 0 Å². The van der Waals surface area contributed by atoms with Crippen molar-refractivity contribution in [1.29, 1.82) is 0 Å². The van der Waals surface area contributed by atoms with Crippen molar-refractivity contribution in [2.75, 3.05) is 11.0 Å². The van der Waals surface area contributed by atoms with Gasteiger partial charge in [0.1, 0.15) is 17.4 Å². The van der Waals surface area contributed by atoms with Crippen LogP contribution >= 0.6 is 0 Å². The molecule has 0 fully saturated rings. The van der Waals surface area contributed by atoms with E-state index in [9.17, 15) is 17.2 Å². The van der Waals surface area contributed by atoms with E-state index in [0.29, 0.717) is 16.8 Å². The summed E-state index contributed by atoms with van der Waals surface area (Å²) < 4.78 is 59.1. The second kappa shape index (κ2) is 6.05. The first-order chi connectivity index (χ1) is 12.0. The van der Waals surface area contributed by atoms with Gasteiger partial charge in [0.05, 0.1) is 23.2 Å². The number of nitrogens with one attached hydrogen (secondary N) is 1. The van der Waals surface area contributed by atoms with E-state index in [2.05, 4.69) is 9.71 Å². The Morgan fingerprint density at radius 3 is 2.46 bits per heavy atom. The number of benzene rings is 2. The van der Waals surface area contributed by atoms with E-state index in [-0.39, 0.29) is 17.0 Å². The minimum atomic E-state index is -3.57. The Hall–Kier alpha value is -2.48. The van der Waals surface area contributed by atoms with Gasteiger partial charge in [-0.3, -0.25) is 4.72 Å². The average molecular weight is 380 g/mol. The molecule has 138 valence electrons. The zero-order valence-corrected chi connectivity index (χ0v) is 15.5. The van der Waals surface area contributed by atoms with Crippen molar-refractivity contribution in [2.45, 2.75) is 26.5 Å². The summed E-state index contributed by atoms with van der Waals surface area (Å²) in [6.45, 7) is 5.10. The Balaban J connectivity index is 2.21. The number of ether oxygens (including phenoxy) is 1. The molecule has 26 heavy (non-hydrogen) atoms. The van der Waals surface area contributed by atoms with Crippen molar-refractivity contribution in [1.82, 2.24) is 0 Å². The van der Waals surface area contributed by atoms with Crippen molar-refractivity contribution in [3.8, 4) is 5.75 Å². The van der Waals surface area contributed by atoms with Crippen LogP contribution in [-0.2, 0) is 10.0 Å². The zero-order valence-electron chi connectivity index (χ0n) is 14.7. The molecule has 1 heterocycles. The lowest BCUT2D eigenvalue weighted by Gasteiger charge is -2.31. The van der Waals surface area contributed by atoms with Gasteiger partial charge < -0.3 is 4.74 Å². The molecule has 5 nitrogen and oxygen atoms in total. The highest BCUT2D eigenvalue weighted by Gasteiger charge is 2.32. The fraction of sp³-hybridized carbons (Fsp3) is 0.278. The Kier molecular flexibility index (Phi) is 4.26. The van der Waals surface area contributed by atoms with E-state index in [1.165, 1.54) is 24.3 Å². The summed E-state index contributed by atoms with van der Waals surface area (Å²) in [6.07, 6.45) is 0.976. The van der Waals surface area contributed by atoms with Crippen LogP contribution in [0.3, 0.4) is 0 Å². The molecular weight excluding hydrogens is 362 g/mol. The minimum Gasteiger partial charge on any atom is -0.466 e. The first-order valence-electron chi connectivity index (χ1n) is 7.82. The molecule has 0 aromatic heterocycles. The summed E-state index contributed by atoms with van der Waals surface area (Å²) >= 11 is 0. The third-order valence-electron chi connectivity index (χ3n) is 3.78. The molecule has 2 aromatic carbocycles. The highest BCUT2D eigenvalue weighted by atomic mass is 32.2. The predicted octanol–water partition coefficient (Wildman–Crippen LogP) is 3.61. The molecule has 3 rings (SSSR count). The van der Waals surface area contributed by atoms with Crippen LogP contribution in [0.2, 0.25) is 0 Å². The molecule has 8 heteroatoms. The predicted molar refractivity (Wildman–Crippen MR) is 96.3 cm³/mol. The van der Waals surface area contributed by atoms with Gasteiger partial charge in [0, 0.05) is 11.6 Å². The number of sulfonamides is 1. The number of halogens is 2. The molecule has 0 bridgehead atoms. The van der Waals surface area contributed by atoms with Crippen LogP contribution in [-0.4, -0.2) is 26.1 Å². The summed E-state index contributed by atoms with van der Waals surface area (Å²) in [4.78, 5) is 4.47. The number of rotatable bonds is 3. The number of hydrogen-bond acceptors (Lipinski definition) is 4. The Morgan fingerprint density at radius 2 is 1.85 bits per heavy atom. The minimum absolute atomic E-state index is 0.0524. The lowest BCUT2D eigenvalue weighted by atomic mass is 9.95. The van der Waals surface area contributed by atoms with Gasteiger partial charge in [-0.2, -0.15) is 0 Å². The van der Waals surface area contributed by atoms with Crippen molar-refractivity contribution in [2.24, 2.45) is 4.99 Å². The SMILES string of the molecule is Cc1cc(F)ccc1C1=NC(C)(C)Oc2cc(NS(C)(=O)=O)cc(F)c21. The van der Waals surface area contributed by atoms with Crippen LogP contribution in [0.5, 0.6) is 5.75 Å². The molecule has 0 aliphatic carbocycles. The molecule has 0 radical (unpaired) electrons. The van der Waals surface area contributed by atoms with Crippen LogP contribution in [0.15, 0.2) is 35.3 Å². The largest absolute Gasteiger partial charge is 0.466 e. The van der Waals surface area contributed by atoms with Gasteiger partial charge in [-0.05, 0) is 50.6 Å². The standard InChI is InChI=1S/C18H18F2N2O3S/c1-10-7-11(19)5-6-13(10)17-16-14(20)8-12(22-26(4,23)24)9-15(16)25-18(2,3)21-17/h5-9,22H,1-4H3. The van der Waals surface area contributed by atoms with Gasteiger partial charge in [-0.1, -0.05) is 0 Å².